The van der Waals surface area contributed by atoms with Crippen molar-refractivity contribution in [3.63, 3.8) is 0 Å². The summed E-state index contributed by atoms with van der Waals surface area (Å²) in [7, 11) is 0. The van der Waals surface area contributed by atoms with E-state index < -0.39 is 12.0 Å². The van der Waals surface area contributed by atoms with Crippen molar-refractivity contribution in [3.8, 4) is 0 Å². The highest BCUT2D eigenvalue weighted by Crippen LogP contribution is 2.61. The number of carboxylic acid groups (broad SMARTS) is 1. The lowest BCUT2D eigenvalue weighted by atomic mass is 9.49. The number of carboxylic acids is 1. The van der Waals surface area contributed by atoms with Crippen LogP contribution in [0.25, 0.3) is 10.9 Å². The van der Waals surface area contributed by atoms with Gasteiger partial charge in [0.1, 0.15) is 11.9 Å². The van der Waals surface area contributed by atoms with Crippen LogP contribution in [0.15, 0.2) is 30.3 Å². The van der Waals surface area contributed by atoms with E-state index >= 15 is 0 Å². The number of aromatic nitrogens is 1. The van der Waals surface area contributed by atoms with Crippen molar-refractivity contribution in [2.75, 3.05) is 23.7 Å². The first-order chi connectivity index (χ1) is 16.4. The van der Waals surface area contributed by atoms with E-state index in [0.29, 0.717) is 25.9 Å². The SMILES string of the molecule is CCC(NCCNc1ccc2c(NC(=O)CC34CC5CC(CC(C5)C3)C4)cccc2n1)C(=O)O. The Morgan fingerprint density at radius 3 is 2.41 bits per heavy atom. The molecule has 0 radical (unpaired) electrons. The van der Waals surface area contributed by atoms with Gasteiger partial charge in [-0.25, -0.2) is 4.98 Å². The van der Waals surface area contributed by atoms with Gasteiger partial charge in [0.25, 0.3) is 0 Å². The Labute approximate surface area is 201 Å². The lowest BCUT2D eigenvalue weighted by Gasteiger charge is -2.56. The molecular formula is C27H36N4O3. The predicted molar refractivity (Wildman–Crippen MR) is 134 cm³/mol. The number of pyridine rings is 1. The molecule has 4 saturated carbocycles. The number of carbonyl (C=O) groups excluding carboxylic acids is 1. The van der Waals surface area contributed by atoms with Crippen LogP contribution < -0.4 is 16.0 Å². The topological polar surface area (TPSA) is 103 Å². The van der Waals surface area contributed by atoms with E-state index in [9.17, 15) is 9.59 Å². The van der Waals surface area contributed by atoms with E-state index in [1.54, 1.807) is 0 Å². The van der Waals surface area contributed by atoms with Crippen molar-refractivity contribution >= 4 is 34.3 Å². The lowest BCUT2D eigenvalue weighted by Crippen LogP contribution is -2.47. The largest absolute Gasteiger partial charge is 0.480 e. The first-order valence-corrected chi connectivity index (χ1v) is 12.8. The molecular weight excluding hydrogens is 428 g/mol. The number of benzene rings is 1. The third-order valence-electron chi connectivity index (χ3n) is 8.23. The monoisotopic (exact) mass is 464 g/mol. The highest BCUT2D eigenvalue weighted by Gasteiger charge is 2.51. The molecule has 1 aromatic carbocycles. The second-order valence-electron chi connectivity index (χ2n) is 10.9. The summed E-state index contributed by atoms with van der Waals surface area (Å²) >= 11 is 0. The molecule has 1 unspecified atom stereocenters. The Morgan fingerprint density at radius 1 is 1.06 bits per heavy atom. The van der Waals surface area contributed by atoms with Crippen molar-refractivity contribution < 1.29 is 14.7 Å². The summed E-state index contributed by atoms with van der Waals surface area (Å²) in [4.78, 5) is 28.9. The zero-order chi connectivity index (χ0) is 23.7. The van der Waals surface area contributed by atoms with Crippen LogP contribution in [0.1, 0.15) is 58.3 Å². The second kappa shape index (κ2) is 9.53. The summed E-state index contributed by atoms with van der Waals surface area (Å²) in [6.45, 7) is 2.96. The molecule has 7 nitrogen and oxygen atoms in total. The molecule has 0 saturated heterocycles. The smallest absolute Gasteiger partial charge is 0.320 e. The number of carbonyl (C=O) groups is 2. The van der Waals surface area contributed by atoms with Gasteiger partial charge in [-0.1, -0.05) is 13.0 Å². The third-order valence-corrected chi connectivity index (χ3v) is 8.23. The maximum absolute atomic E-state index is 13.1. The maximum atomic E-state index is 13.1. The summed E-state index contributed by atoms with van der Waals surface area (Å²) in [5.41, 5.74) is 1.87. The number of amides is 1. The number of nitrogens with zero attached hydrogens (tertiary/aromatic N) is 1. The van der Waals surface area contributed by atoms with Crippen molar-refractivity contribution in [1.82, 2.24) is 10.3 Å². The Kier molecular flexibility index (Phi) is 6.47. The Bertz CT molecular complexity index is 1030. The van der Waals surface area contributed by atoms with E-state index in [2.05, 4.69) is 20.9 Å². The molecule has 0 spiro atoms. The first kappa shape index (κ1) is 23.1. The molecule has 1 atom stereocenters. The zero-order valence-electron chi connectivity index (χ0n) is 20.0. The fraction of sp³-hybridized carbons (Fsp3) is 0.593. The molecule has 4 aliphatic rings. The average molecular weight is 465 g/mol. The summed E-state index contributed by atoms with van der Waals surface area (Å²) in [6, 6.07) is 9.20. The van der Waals surface area contributed by atoms with Crippen LogP contribution in [-0.4, -0.2) is 41.1 Å². The van der Waals surface area contributed by atoms with E-state index in [1.165, 1.54) is 38.5 Å². The van der Waals surface area contributed by atoms with Gasteiger partial charge in [-0.2, -0.15) is 0 Å². The molecule has 4 bridgehead atoms. The summed E-state index contributed by atoms with van der Waals surface area (Å²) < 4.78 is 0. The molecule has 1 aromatic heterocycles. The fourth-order valence-electron chi connectivity index (χ4n) is 7.25. The van der Waals surface area contributed by atoms with Crippen LogP contribution in [0.3, 0.4) is 0 Å². The lowest BCUT2D eigenvalue weighted by molar-refractivity contribution is -0.139. The number of anilines is 2. The van der Waals surface area contributed by atoms with Crippen molar-refractivity contribution in [2.24, 2.45) is 23.2 Å². The highest BCUT2D eigenvalue weighted by atomic mass is 16.4. The molecule has 0 aliphatic heterocycles. The molecule has 6 rings (SSSR count). The highest BCUT2D eigenvalue weighted by molar-refractivity contribution is 6.01. The Balaban J connectivity index is 1.20. The normalized spacial score (nSPS) is 28.1. The van der Waals surface area contributed by atoms with Crippen LogP contribution in [0.2, 0.25) is 0 Å². The molecule has 1 heterocycles. The van der Waals surface area contributed by atoms with Gasteiger partial charge in [0.05, 0.1) is 11.2 Å². The number of rotatable bonds is 10. The minimum atomic E-state index is -0.830. The van der Waals surface area contributed by atoms with Crippen LogP contribution >= 0.6 is 0 Å². The molecule has 1 amide bonds. The molecule has 4 N–H and O–H groups in total. The standard InChI is InChI=1S/C27H36N4O3/c1-2-21(26(33)34)28-8-9-29-24-7-6-20-22(30-24)4-3-5-23(20)31-25(32)16-27-13-17-10-18(14-27)12-19(11-17)15-27/h3-7,17-19,21,28H,2,8-16H2,1H3,(H,29,30)(H,31,32)(H,33,34). The molecule has 2 aromatic rings. The van der Waals surface area contributed by atoms with E-state index in [-0.39, 0.29) is 11.3 Å². The molecule has 7 heteroatoms. The summed E-state index contributed by atoms with van der Waals surface area (Å²) in [5.74, 6) is 2.57. The Morgan fingerprint density at radius 2 is 1.76 bits per heavy atom. The first-order valence-electron chi connectivity index (χ1n) is 12.8. The fourth-order valence-corrected chi connectivity index (χ4v) is 7.25. The van der Waals surface area contributed by atoms with Crippen molar-refractivity contribution in [2.45, 2.75) is 64.3 Å². The van der Waals surface area contributed by atoms with Crippen LogP contribution in [-0.2, 0) is 9.59 Å². The van der Waals surface area contributed by atoms with Crippen molar-refractivity contribution in [3.05, 3.63) is 30.3 Å². The van der Waals surface area contributed by atoms with E-state index in [0.717, 1.165) is 40.2 Å². The summed E-state index contributed by atoms with van der Waals surface area (Å²) in [6.07, 6.45) is 9.06. The van der Waals surface area contributed by atoms with Gasteiger partial charge in [-0.15, -0.1) is 0 Å². The average Bonchev–Trinajstić information content (AvgIpc) is 2.77. The minimum Gasteiger partial charge on any atom is -0.480 e. The van der Waals surface area contributed by atoms with Gasteiger partial charge in [-0.3, -0.25) is 9.59 Å². The minimum absolute atomic E-state index is 0.131. The number of hydrogen-bond acceptors (Lipinski definition) is 5. The predicted octanol–water partition coefficient (Wildman–Crippen LogP) is 4.64. The maximum Gasteiger partial charge on any atom is 0.320 e. The van der Waals surface area contributed by atoms with Crippen LogP contribution in [0.5, 0.6) is 0 Å². The Hall–Kier alpha value is -2.67. The summed E-state index contributed by atoms with van der Waals surface area (Å²) in [5, 5.41) is 19.5. The van der Waals surface area contributed by atoms with E-state index in [4.69, 9.17) is 5.11 Å². The zero-order valence-corrected chi connectivity index (χ0v) is 20.0. The number of nitrogens with one attached hydrogen (secondary N) is 3. The molecule has 4 fully saturated rings. The van der Waals surface area contributed by atoms with Crippen LogP contribution in [0.4, 0.5) is 11.5 Å². The van der Waals surface area contributed by atoms with Gasteiger partial charge in [0.15, 0.2) is 0 Å². The van der Waals surface area contributed by atoms with Crippen LogP contribution in [0, 0.1) is 23.2 Å². The van der Waals surface area contributed by atoms with Gasteiger partial charge < -0.3 is 21.1 Å². The van der Waals surface area contributed by atoms with Gasteiger partial charge in [0, 0.05) is 24.9 Å². The quantitative estimate of drug-likeness (QED) is 0.382. The number of fused-ring (bicyclic) bond motifs is 1. The molecule has 34 heavy (non-hydrogen) atoms. The molecule has 4 aliphatic carbocycles. The molecule has 182 valence electrons. The van der Waals surface area contributed by atoms with Gasteiger partial charge >= 0.3 is 5.97 Å². The second-order valence-corrected chi connectivity index (χ2v) is 10.9. The van der Waals surface area contributed by atoms with Gasteiger partial charge in [-0.05, 0) is 92.4 Å². The number of aliphatic carboxylic acids is 1. The number of hydrogen-bond donors (Lipinski definition) is 4. The van der Waals surface area contributed by atoms with Crippen molar-refractivity contribution in [1.29, 1.82) is 0 Å². The van der Waals surface area contributed by atoms with Gasteiger partial charge in [0.2, 0.25) is 5.91 Å². The third kappa shape index (κ3) is 4.90. The van der Waals surface area contributed by atoms with E-state index in [1.807, 2.05) is 37.3 Å².